The molecule has 0 unspecified atom stereocenters. The monoisotopic (exact) mass is 452 g/mol. The summed E-state index contributed by atoms with van der Waals surface area (Å²) in [5.41, 5.74) is 10.3. The van der Waals surface area contributed by atoms with Crippen molar-refractivity contribution in [1.82, 2.24) is 14.5 Å². The first-order valence-electron chi connectivity index (χ1n) is 12.5. The van der Waals surface area contributed by atoms with E-state index in [2.05, 4.69) is 82.4 Å². The number of hydrogen-bond donors (Lipinski definition) is 1. The second-order valence-electron chi connectivity index (χ2n) is 9.45. The molecule has 3 aromatic carbocycles. The van der Waals surface area contributed by atoms with E-state index in [0.29, 0.717) is 0 Å². The van der Waals surface area contributed by atoms with Gasteiger partial charge in [0.15, 0.2) is 0 Å². The molecule has 2 aliphatic heterocycles. The molecule has 1 N–H and O–H groups in total. The second kappa shape index (κ2) is 9.24. The number of imidazole rings is 1. The lowest BCUT2D eigenvalue weighted by Gasteiger charge is -2.26. The summed E-state index contributed by atoms with van der Waals surface area (Å²) in [4.78, 5) is 7.33. The van der Waals surface area contributed by atoms with E-state index in [-0.39, 0.29) is 0 Å². The molecule has 0 saturated carbocycles. The lowest BCUT2D eigenvalue weighted by molar-refractivity contribution is 0.0342. The van der Waals surface area contributed by atoms with E-state index in [4.69, 9.17) is 9.72 Å². The number of fused-ring (bicyclic) bond motifs is 3. The molecule has 4 aromatic rings. The summed E-state index contributed by atoms with van der Waals surface area (Å²) in [6.45, 7) is 7.78. The van der Waals surface area contributed by atoms with Gasteiger partial charge in [0.05, 0.1) is 24.2 Å². The zero-order valence-corrected chi connectivity index (χ0v) is 19.9. The highest BCUT2D eigenvalue weighted by molar-refractivity contribution is 5.76. The van der Waals surface area contributed by atoms with E-state index >= 15 is 0 Å². The molecule has 5 heteroatoms. The molecule has 1 saturated heterocycles. The topological polar surface area (TPSA) is 42.3 Å². The molecular weight excluding hydrogens is 420 g/mol. The van der Waals surface area contributed by atoms with Crippen LogP contribution in [0.4, 0.5) is 11.4 Å². The smallest absolute Gasteiger partial charge is 0.109 e. The fourth-order valence-corrected chi connectivity index (χ4v) is 5.33. The van der Waals surface area contributed by atoms with Crippen LogP contribution in [0, 0.1) is 0 Å². The number of rotatable bonds is 5. The molecule has 5 nitrogen and oxygen atoms in total. The Bertz CT molecular complexity index is 1320. The van der Waals surface area contributed by atoms with Crippen LogP contribution in [0.15, 0.2) is 60.7 Å². The van der Waals surface area contributed by atoms with E-state index in [1.807, 2.05) is 0 Å². The van der Waals surface area contributed by atoms with Gasteiger partial charge in [0.25, 0.3) is 0 Å². The Labute approximate surface area is 201 Å². The van der Waals surface area contributed by atoms with Crippen LogP contribution in [0.5, 0.6) is 0 Å². The fourth-order valence-electron chi connectivity index (χ4n) is 5.33. The van der Waals surface area contributed by atoms with E-state index in [1.165, 1.54) is 39.1 Å². The quantitative estimate of drug-likeness (QED) is 0.445. The predicted molar refractivity (Wildman–Crippen MR) is 138 cm³/mol. The van der Waals surface area contributed by atoms with E-state index in [9.17, 15) is 0 Å². The number of benzene rings is 3. The van der Waals surface area contributed by atoms with Gasteiger partial charge >= 0.3 is 0 Å². The summed E-state index contributed by atoms with van der Waals surface area (Å²) in [6, 6.07) is 22.3. The second-order valence-corrected chi connectivity index (χ2v) is 9.45. The van der Waals surface area contributed by atoms with Gasteiger partial charge < -0.3 is 14.6 Å². The largest absolute Gasteiger partial charge is 0.379 e. The number of aromatic nitrogens is 2. The van der Waals surface area contributed by atoms with Gasteiger partial charge in [-0.05, 0) is 59.4 Å². The fraction of sp³-hybridized carbons (Fsp3) is 0.345. The molecule has 0 bridgehead atoms. The highest BCUT2D eigenvalue weighted by Gasteiger charge is 2.17. The van der Waals surface area contributed by atoms with Crippen LogP contribution >= 0.6 is 0 Å². The van der Waals surface area contributed by atoms with Crippen molar-refractivity contribution in [3.8, 4) is 0 Å². The van der Waals surface area contributed by atoms with Crippen molar-refractivity contribution >= 4 is 22.4 Å². The summed E-state index contributed by atoms with van der Waals surface area (Å²) in [7, 11) is 0. The van der Waals surface area contributed by atoms with Gasteiger partial charge in [0.1, 0.15) is 5.82 Å². The Hall–Kier alpha value is -3.15. The molecule has 0 atom stereocenters. The summed E-state index contributed by atoms with van der Waals surface area (Å²) < 4.78 is 7.87. The maximum absolute atomic E-state index is 5.50. The van der Waals surface area contributed by atoms with Crippen LogP contribution in [-0.2, 0) is 37.1 Å². The van der Waals surface area contributed by atoms with Gasteiger partial charge in [-0.15, -0.1) is 0 Å². The molecule has 0 aliphatic carbocycles. The minimum Gasteiger partial charge on any atom is -0.379 e. The van der Waals surface area contributed by atoms with Crippen molar-refractivity contribution in [1.29, 1.82) is 0 Å². The lowest BCUT2D eigenvalue weighted by atomic mass is 10.0. The third kappa shape index (κ3) is 4.22. The molecule has 1 fully saturated rings. The number of aryl methyl sites for hydroxylation is 3. The van der Waals surface area contributed by atoms with E-state index in [1.54, 1.807) is 0 Å². The average molecular weight is 453 g/mol. The molecule has 34 heavy (non-hydrogen) atoms. The normalized spacial score (nSPS) is 16.0. The zero-order chi connectivity index (χ0) is 22.9. The number of ether oxygens (including phenoxy) is 1. The molecule has 174 valence electrons. The first kappa shape index (κ1) is 21.4. The highest BCUT2D eigenvalue weighted by atomic mass is 16.5. The van der Waals surface area contributed by atoms with Crippen LogP contribution in [0.1, 0.15) is 35.0 Å². The molecular formula is C29H32N4O. The van der Waals surface area contributed by atoms with Gasteiger partial charge in [-0.2, -0.15) is 0 Å². The lowest BCUT2D eigenvalue weighted by Crippen LogP contribution is -2.35. The van der Waals surface area contributed by atoms with E-state index in [0.717, 1.165) is 70.0 Å². The SMILES string of the molecule is CCc1nc2ccccc2n1Cc1ccc2c(c1)CCc1cc(CN3CCOCC3)ccc1N2. The van der Waals surface area contributed by atoms with Gasteiger partial charge in [0, 0.05) is 44.0 Å². The predicted octanol–water partition coefficient (Wildman–Crippen LogP) is 5.32. The van der Waals surface area contributed by atoms with Crippen molar-refractivity contribution in [3.63, 3.8) is 0 Å². The Balaban J connectivity index is 1.23. The number of para-hydroxylation sites is 2. The number of hydrogen-bond acceptors (Lipinski definition) is 4. The number of morpholine rings is 1. The molecule has 3 heterocycles. The summed E-state index contributed by atoms with van der Waals surface area (Å²) in [6.07, 6.45) is 3.04. The Morgan fingerprint density at radius 1 is 0.853 bits per heavy atom. The third-order valence-corrected chi connectivity index (χ3v) is 7.17. The Kier molecular flexibility index (Phi) is 5.81. The minimum atomic E-state index is 0.846. The van der Waals surface area contributed by atoms with Crippen molar-refractivity contribution in [2.45, 2.75) is 39.3 Å². The molecule has 0 amide bonds. The minimum absolute atomic E-state index is 0.846. The van der Waals surface area contributed by atoms with Gasteiger partial charge in [-0.1, -0.05) is 43.3 Å². The van der Waals surface area contributed by atoms with Crippen molar-refractivity contribution in [2.75, 3.05) is 31.6 Å². The number of nitrogens with zero attached hydrogens (tertiary/aromatic N) is 3. The van der Waals surface area contributed by atoms with E-state index < -0.39 is 0 Å². The first-order valence-corrected chi connectivity index (χ1v) is 12.5. The summed E-state index contributed by atoms with van der Waals surface area (Å²) in [5, 5.41) is 3.72. The molecule has 2 aliphatic rings. The van der Waals surface area contributed by atoms with Crippen LogP contribution in [-0.4, -0.2) is 40.8 Å². The van der Waals surface area contributed by atoms with Gasteiger partial charge in [-0.25, -0.2) is 4.98 Å². The maximum atomic E-state index is 5.50. The molecule has 0 radical (unpaired) electrons. The third-order valence-electron chi connectivity index (χ3n) is 7.17. The van der Waals surface area contributed by atoms with Crippen LogP contribution in [0.2, 0.25) is 0 Å². The summed E-state index contributed by atoms with van der Waals surface area (Å²) >= 11 is 0. The van der Waals surface area contributed by atoms with Crippen molar-refractivity contribution in [3.05, 3.63) is 88.7 Å². The average Bonchev–Trinajstić information content (AvgIpc) is 3.12. The Morgan fingerprint density at radius 3 is 2.24 bits per heavy atom. The maximum Gasteiger partial charge on any atom is 0.109 e. The van der Waals surface area contributed by atoms with Crippen molar-refractivity contribution in [2.24, 2.45) is 0 Å². The molecule has 6 rings (SSSR count). The van der Waals surface area contributed by atoms with Crippen LogP contribution in [0.3, 0.4) is 0 Å². The summed E-state index contributed by atoms with van der Waals surface area (Å²) in [5.74, 6) is 1.15. The molecule has 1 aromatic heterocycles. The highest BCUT2D eigenvalue weighted by Crippen LogP contribution is 2.32. The van der Waals surface area contributed by atoms with Crippen molar-refractivity contribution < 1.29 is 4.74 Å². The molecule has 0 spiro atoms. The first-order chi connectivity index (χ1) is 16.8. The van der Waals surface area contributed by atoms with Crippen LogP contribution in [0.25, 0.3) is 11.0 Å². The Morgan fingerprint density at radius 2 is 1.53 bits per heavy atom. The zero-order valence-electron chi connectivity index (χ0n) is 19.9. The van der Waals surface area contributed by atoms with Gasteiger partial charge in [-0.3, -0.25) is 4.90 Å². The standard InChI is InChI=1S/C29H32N4O/c1-2-29-31-27-5-3-4-6-28(27)33(29)20-22-8-12-26-24(18-22)10-9-23-17-21(7-11-25(23)30-26)19-32-13-15-34-16-14-32/h3-8,11-12,17-18,30H,2,9-10,13-16,19-20H2,1H3. The number of anilines is 2. The van der Waals surface area contributed by atoms with Gasteiger partial charge in [0.2, 0.25) is 0 Å². The van der Waals surface area contributed by atoms with Crippen LogP contribution < -0.4 is 5.32 Å². The number of nitrogens with one attached hydrogen (secondary N) is 1.